The second-order valence-electron chi connectivity index (χ2n) is 13.3. The lowest BCUT2D eigenvalue weighted by molar-refractivity contribution is 0.531. The molecule has 0 saturated heterocycles. The van der Waals surface area contributed by atoms with Crippen LogP contribution in [0.3, 0.4) is 0 Å². The molecule has 6 radical (unpaired) electrons. The molecule has 0 unspecified atom stereocenters. The van der Waals surface area contributed by atoms with Crippen molar-refractivity contribution in [2.24, 2.45) is 0 Å². The Labute approximate surface area is 429 Å². The molecule has 63 heteroatoms. The van der Waals surface area contributed by atoms with E-state index < -0.39 is 262 Å². The van der Waals surface area contributed by atoms with Crippen LogP contribution in [0, 0.1) is 0 Å². The summed E-state index contributed by atoms with van der Waals surface area (Å²) in [5.74, 6) is 0. The van der Waals surface area contributed by atoms with Crippen LogP contribution in [0.5, 0.6) is 0 Å². The van der Waals surface area contributed by atoms with E-state index in [-0.39, 0.29) is 0 Å². The zero-order valence-electron chi connectivity index (χ0n) is 34.9. The third kappa shape index (κ3) is 19.0. The summed E-state index contributed by atoms with van der Waals surface area (Å²) in [6.07, 6.45) is 0. The molecule has 356 valence electrons. The summed E-state index contributed by atoms with van der Waals surface area (Å²) in [5, 5.41) is 0. The van der Waals surface area contributed by atoms with Gasteiger partial charge in [0.05, 0.1) is 0 Å². The van der Waals surface area contributed by atoms with E-state index >= 15 is 0 Å². The average Bonchev–Trinajstić information content (AvgIpc) is 3.31. The van der Waals surface area contributed by atoms with Crippen LogP contribution in [-0.2, 0) is 133 Å². The second-order valence-corrected chi connectivity index (χ2v) is 164. The highest BCUT2D eigenvalue weighted by molar-refractivity contribution is 7.90. The van der Waals surface area contributed by atoms with Gasteiger partial charge in [-0.25, -0.2) is 0 Å². The van der Waals surface area contributed by atoms with Crippen LogP contribution in [0.4, 0.5) is 0 Å². The van der Waals surface area contributed by atoms with Gasteiger partial charge in [-0.1, -0.05) is 0 Å². The molecule has 0 aliphatic carbocycles. The molecule has 0 saturated carbocycles. The normalized spacial score (nSPS) is 10.8. The SMILES string of the molecule is C[SiH](C)O[Si][Si](=O)[Si](=O)[Si](O[Si][Si](=O)[Si](=O)[Si](=O)[Si](=O)[Si](=O)[Si](=O)[Si](=O)[Si](=O)[Si](=O)[Si](=O)[Si](=O)[Si](=O)[Si](=O)[Si](=O)[Si](=O)[Si](=O)[Si](=O)[Si](=O)[Si](=O)[Si](=O)[Si](=O)[Si](C)(C)O[SiH](C)C)([Si](=O)[Si]=O)[Si](=O)[Si]=O. The minimum Gasteiger partial charge on any atom is -0.456 e. The van der Waals surface area contributed by atoms with E-state index in [1.54, 1.807) is 26.2 Å². The molecule has 0 spiro atoms. The standard InChI is InChI=1S/C6H20O30Si33/c1-41(2)34-39-44(10)66(32)69(45(11)37-7,46(12)38-8)35-40-43(9)47(13)48(14)49(15)50(16)51(17)52(18)53(19)54(20)55(21)56(22)57(23)58(24)59(25)60(26)61(27)62(28)63(29)64(30)65(31)67(33)68(5,6)36-42(3)4/h41-42H,1-6H3. The molecule has 69 heavy (non-hydrogen) atoms. The Morgan fingerprint density at radius 1 is 0.333 bits per heavy atom. The summed E-state index contributed by atoms with van der Waals surface area (Å²) >= 11 is 0. The van der Waals surface area contributed by atoms with Crippen LogP contribution in [0.1, 0.15) is 0 Å². The summed E-state index contributed by atoms with van der Waals surface area (Å²) < 4.78 is 360. The molecule has 0 amide bonds. The Morgan fingerprint density at radius 2 is 0.594 bits per heavy atom. The zero-order valence-corrected chi connectivity index (χ0v) is 68.2. The molecule has 0 heterocycles. The Hall–Kier alpha value is 1.64. The number of rotatable bonds is 35. The summed E-state index contributed by atoms with van der Waals surface area (Å²) in [5.41, 5.74) is 0. The largest absolute Gasteiger partial charge is 0.456 e. The lowest BCUT2D eigenvalue weighted by atomic mass is 11.9. The fourth-order valence-electron chi connectivity index (χ4n) is 4.01. The van der Waals surface area contributed by atoms with E-state index in [0.717, 1.165) is 0 Å². The highest BCUT2D eigenvalue weighted by Crippen LogP contribution is 2.08. The van der Waals surface area contributed by atoms with Crippen molar-refractivity contribution in [1.82, 2.24) is 0 Å². The Kier molecular flexibility index (Phi) is 32.5. The monoisotopic (exact) mass is 1500 g/mol. The van der Waals surface area contributed by atoms with E-state index in [9.17, 15) is 120 Å². The van der Waals surface area contributed by atoms with Gasteiger partial charge >= 0.3 is 218 Å². The van der Waals surface area contributed by atoms with Crippen LogP contribution in [0.2, 0.25) is 39.3 Å². The minimum atomic E-state index is -5.15. The first kappa shape index (κ1) is 70.6. The molecule has 30 nitrogen and oxygen atoms in total. The lowest BCUT2D eigenvalue weighted by Crippen LogP contribution is -2.72. The van der Waals surface area contributed by atoms with Gasteiger partial charge in [-0.3, -0.25) is 0 Å². The molecular weight excluding hydrogens is 1480 g/mol. The maximum absolute atomic E-state index is 13.3. The predicted molar refractivity (Wildman–Crippen MR) is 250 cm³/mol. The maximum atomic E-state index is 13.3. The quantitative estimate of drug-likeness (QED) is 0.0532. The third-order valence-corrected chi connectivity index (χ3v) is 248. The molecule has 0 rings (SSSR count). The first-order chi connectivity index (χ1) is 31.5. The van der Waals surface area contributed by atoms with E-state index in [1.165, 1.54) is 13.1 Å². The van der Waals surface area contributed by atoms with Crippen molar-refractivity contribution in [2.45, 2.75) is 39.3 Å². The average molecular weight is 1500 g/mol. The van der Waals surface area contributed by atoms with Gasteiger partial charge in [-0.2, -0.15) is 0 Å². The zero-order chi connectivity index (χ0) is 54.5. The number of hydrogen-bond acceptors (Lipinski definition) is 30. The molecule has 0 aliphatic rings. The smallest absolute Gasteiger partial charge is 0.381 e. The van der Waals surface area contributed by atoms with Crippen LogP contribution in [0.25, 0.3) is 0 Å². The molecule has 0 N–H and O–H groups in total. The third-order valence-electron chi connectivity index (χ3n) is 7.24. The van der Waals surface area contributed by atoms with Crippen LogP contribution in [-0.4, -0.2) is 262 Å². The van der Waals surface area contributed by atoms with E-state index in [1.807, 2.05) is 0 Å². The van der Waals surface area contributed by atoms with Gasteiger partial charge in [0.2, 0.25) is 7.83 Å². The number of hydrogen-bond donors (Lipinski definition) is 0. The van der Waals surface area contributed by atoms with Crippen molar-refractivity contribution in [3.8, 4) is 0 Å². The Balaban J connectivity index is 6.06. The molecule has 0 fully saturated rings. The molecule has 0 aliphatic heterocycles. The fourth-order valence-corrected chi connectivity index (χ4v) is 356. The molecule has 0 atom stereocenters. The van der Waals surface area contributed by atoms with Gasteiger partial charge in [-0.15, -0.1) is 0 Å². The van der Waals surface area contributed by atoms with Crippen molar-refractivity contribution >= 4 is 262 Å². The molecule has 0 aromatic carbocycles. The Bertz CT molecular complexity index is 2640. The fraction of sp³-hybridized carbons (Fsp3) is 1.00. The second kappa shape index (κ2) is 31.8. The van der Waals surface area contributed by atoms with E-state index in [4.69, 9.17) is 12.3 Å². The van der Waals surface area contributed by atoms with Gasteiger partial charge < -0.3 is 133 Å². The van der Waals surface area contributed by atoms with Crippen molar-refractivity contribution in [1.29, 1.82) is 0 Å². The van der Waals surface area contributed by atoms with Gasteiger partial charge in [-0.05, 0) is 39.3 Å². The minimum absolute atomic E-state index is 0.999. The van der Waals surface area contributed by atoms with Gasteiger partial charge in [0, 0.05) is 0 Å². The topological polar surface area (TPSA) is 489 Å². The lowest BCUT2D eigenvalue weighted by Gasteiger charge is -2.21. The molecule has 0 bridgehead atoms. The van der Waals surface area contributed by atoms with E-state index in [0.29, 0.717) is 0 Å². The van der Waals surface area contributed by atoms with Crippen molar-refractivity contribution in [3.63, 3.8) is 0 Å². The molecular formula is C6H20O30Si33. The van der Waals surface area contributed by atoms with Crippen LogP contribution >= 0.6 is 0 Å². The predicted octanol–water partition coefficient (Wildman–Crippen LogP) is -13.0. The highest BCUT2D eigenvalue weighted by Gasteiger charge is 2.65. The molecule has 0 aromatic rings. The van der Waals surface area contributed by atoms with Crippen LogP contribution in [0.15, 0.2) is 0 Å². The summed E-state index contributed by atoms with van der Waals surface area (Å²) in [7, 11) is -121. The summed E-state index contributed by atoms with van der Waals surface area (Å²) in [6, 6.07) is 0. The van der Waals surface area contributed by atoms with Gasteiger partial charge in [0.15, 0.2) is 18.1 Å². The summed E-state index contributed by atoms with van der Waals surface area (Å²) in [4.78, 5) is 0. The van der Waals surface area contributed by atoms with Gasteiger partial charge in [0.1, 0.15) is 0 Å². The Morgan fingerprint density at radius 3 is 0.841 bits per heavy atom. The first-order valence-corrected chi connectivity index (χ1v) is 95.6. The van der Waals surface area contributed by atoms with Crippen LogP contribution < -0.4 is 0 Å². The van der Waals surface area contributed by atoms with Crippen molar-refractivity contribution < 1.29 is 133 Å². The van der Waals surface area contributed by atoms with Gasteiger partial charge in [0.25, 0.3) is 18.6 Å². The highest BCUT2D eigenvalue weighted by atomic mass is 30.2. The molecule has 0 aromatic heterocycles. The maximum Gasteiger partial charge on any atom is 0.381 e. The van der Waals surface area contributed by atoms with Crippen molar-refractivity contribution in [3.05, 3.63) is 0 Å². The summed E-state index contributed by atoms with van der Waals surface area (Å²) in [6.45, 7) is 4.15. The van der Waals surface area contributed by atoms with Crippen molar-refractivity contribution in [2.75, 3.05) is 0 Å². The first-order valence-electron chi connectivity index (χ1n) is 17.4. The van der Waals surface area contributed by atoms with E-state index in [2.05, 4.69) is 0 Å².